The summed E-state index contributed by atoms with van der Waals surface area (Å²) in [7, 11) is 0. The monoisotopic (exact) mass is 251 g/mol. The highest BCUT2D eigenvalue weighted by atomic mass is 16.3. The van der Waals surface area contributed by atoms with Crippen molar-refractivity contribution in [1.29, 1.82) is 0 Å². The first-order valence-corrected chi connectivity index (χ1v) is 6.56. The van der Waals surface area contributed by atoms with Crippen molar-refractivity contribution in [3.05, 3.63) is 24.2 Å². The molecule has 0 saturated heterocycles. The first-order chi connectivity index (χ1) is 8.59. The van der Waals surface area contributed by atoms with E-state index in [1.807, 2.05) is 26.0 Å². The number of amides is 1. The molecule has 1 amide bonds. The van der Waals surface area contributed by atoms with Gasteiger partial charge in [-0.15, -0.1) is 0 Å². The van der Waals surface area contributed by atoms with E-state index >= 15 is 0 Å². The van der Waals surface area contributed by atoms with E-state index in [9.17, 15) is 4.79 Å². The number of furan rings is 1. The number of aliphatic hydroxyl groups is 1. The second kappa shape index (κ2) is 5.14. The van der Waals surface area contributed by atoms with E-state index in [0.29, 0.717) is 6.42 Å². The fourth-order valence-corrected chi connectivity index (χ4v) is 2.27. The molecule has 1 aliphatic rings. The van der Waals surface area contributed by atoms with E-state index in [-0.39, 0.29) is 29.9 Å². The van der Waals surface area contributed by atoms with Crippen LogP contribution in [0.2, 0.25) is 0 Å². The topological polar surface area (TPSA) is 62.5 Å². The van der Waals surface area contributed by atoms with Gasteiger partial charge < -0.3 is 14.8 Å². The largest absolute Gasteiger partial charge is 0.469 e. The van der Waals surface area contributed by atoms with E-state index in [2.05, 4.69) is 5.32 Å². The highest BCUT2D eigenvalue weighted by Crippen LogP contribution is 2.47. The lowest BCUT2D eigenvalue weighted by atomic mass is 9.94. The predicted octanol–water partition coefficient (Wildman–Crippen LogP) is 2.05. The minimum Gasteiger partial charge on any atom is -0.469 e. The minimum atomic E-state index is -0.303. The molecule has 2 rings (SSSR count). The van der Waals surface area contributed by atoms with Crippen LogP contribution in [0.3, 0.4) is 0 Å². The fourth-order valence-electron chi connectivity index (χ4n) is 2.27. The summed E-state index contributed by atoms with van der Waals surface area (Å²) in [5.41, 5.74) is -0.303. The molecule has 3 atom stereocenters. The molecule has 1 heterocycles. The quantitative estimate of drug-likeness (QED) is 0.813. The van der Waals surface area contributed by atoms with Crippen LogP contribution in [0.1, 0.15) is 44.8 Å². The Balaban J connectivity index is 1.90. The molecule has 0 aromatic carbocycles. The Labute approximate surface area is 107 Å². The van der Waals surface area contributed by atoms with Gasteiger partial charge in [0.25, 0.3) is 0 Å². The van der Waals surface area contributed by atoms with Crippen molar-refractivity contribution in [3.63, 3.8) is 0 Å². The van der Waals surface area contributed by atoms with Crippen molar-refractivity contribution in [3.8, 4) is 0 Å². The molecule has 1 aromatic rings. The average molecular weight is 251 g/mol. The fraction of sp³-hybridized carbons (Fsp3) is 0.643. The molecule has 1 saturated carbocycles. The molecule has 18 heavy (non-hydrogen) atoms. The highest BCUT2D eigenvalue weighted by Gasteiger charge is 2.47. The van der Waals surface area contributed by atoms with Gasteiger partial charge in [-0.05, 0) is 38.3 Å². The van der Waals surface area contributed by atoms with Crippen LogP contribution in [-0.2, 0) is 4.79 Å². The molecule has 4 heteroatoms. The zero-order valence-electron chi connectivity index (χ0n) is 11.0. The Morgan fingerprint density at radius 2 is 2.44 bits per heavy atom. The molecule has 100 valence electrons. The number of rotatable bonds is 6. The number of carbonyl (C=O) groups is 1. The van der Waals surface area contributed by atoms with Crippen LogP contribution in [0.15, 0.2) is 22.8 Å². The Bertz CT molecular complexity index is 401. The van der Waals surface area contributed by atoms with Crippen LogP contribution in [0.25, 0.3) is 0 Å². The second-order valence-electron chi connectivity index (χ2n) is 5.34. The van der Waals surface area contributed by atoms with Gasteiger partial charge in [-0.3, -0.25) is 4.79 Å². The normalized spacial score (nSPS) is 25.5. The molecule has 0 aliphatic heterocycles. The molecule has 0 radical (unpaired) electrons. The van der Waals surface area contributed by atoms with Crippen LogP contribution in [0.4, 0.5) is 0 Å². The summed E-state index contributed by atoms with van der Waals surface area (Å²) in [6, 6.07) is 3.77. The van der Waals surface area contributed by atoms with Crippen LogP contribution in [0.5, 0.6) is 0 Å². The molecule has 1 aromatic heterocycles. The maximum atomic E-state index is 12.1. The maximum Gasteiger partial charge on any atom is 0.224 e. The molecule has 2 N–H and O–H groups in total. The molecule has 0 spiro atoms. The molecular formula is C14H21NO3. The van der Waals surface area contributed by atoms with Crippen molar-refractivity contribution in [1.82, 2.24) is 5.32 Å². The smallest absolute Gasteiger partial charge is 0.224 e. The van der Waals surface area contributed by atoms with Crippen LogP contribution < -0.4 is 5.32 Å². The summed E-state index contributed by atoms with van der Waals surface area (Å²) in [5.74, 6) is 1.24. The number of hydrogen-bond acceptors (Lipinski definition) is 3. The minimum absolute atomic E-state index is 0.0284. The van der Waals surface area contributed by atoms with Gasteiger partial charge in [0.1, 0.15) is 5.76 Å². The number of aliphatic hydroxyl groups excluding tert-OH is 1. The standard InChI is InChI=1S/C14H21NO3/c1-3-14(2,6-7-16)15-13(17)11-9-10(11)12-5-4-8-18-12/h4-5,8,10-11,16H,3,6-7,9H2,1-2H3,(H,15,17). The van der Waals surface area contributed by atoms with E-state index in [0.717, 1.165) is 18.6 Å². The van der Waals surface area contributed by atoms with Crippen molar-refractivity contribution < 1.29 is 14.3 Å². The van der Waals surface area contributed by atoms with Gasteiger partial charge >= 0.3 is 0 Å². The van der Waals surface area contributed by atoms with Crippen molar-refractivity contribution >= 4 is 5.91 Å². The zero-order valence-corrected chi connectivity index (χ0v) is 11.0. The third kappa shape index (κ3) is 2.75. The van der Waals surface area contributed by atoms with Crippen LogP contribution >= 0.6 is 0 Å². The van der Waals surface area contributed by atoms with E-state index in [4.69, 9.17) is 9.52 Å². The van der Waals surface area contributed by atoms with Gasteiger partial charge in [0, 0.05) is 24.0 Å². The molecule has 4 nitrogen and oxygen atoms in total. The molecule has 0 bridgehead atoms. The van der Waals surface area contributed by atoms with Crippen molar-refractivity contribution in [2.45, 2.75) is 44.6 Å². The average Bonchev–Trinajstić information content (AvgIpc) is 2.97. The van der Waals surface area contributed by atoms with Crippen molar-refractivity contribution in [2.24, 2.45) is 5.92 Å². The van der Waals surface area contributed by atoms with E-state index in [1.54, 1.807) is 6.26 Å². The Kier molecular flexibility index (Phi) is 3.76. The number of hydrogen-bond donors (Lipinski definition) is 2. The van der Waals surface area contributed by atoms with Crippen LogP contribution in [-0.4, -0.2) is 23.2 Å². The summed E-state index contributed by atoms with van der Waals surface area (Å²) in [6.45, 7) is 4.09. The summed E-state index contributed by atoms with van der Waals surface area (Å²) < 4.78 is 5.32. The first kappa shape index (κ1) is 13.1. The van der Waals surface area contributed by atoms with Gasteiger partial charge in [0.2, 0.25) is 5.91 Å². The predicted molar refractivity (Wildman–Crippen MR) is 68.1 cm³/mol. The highest BCUT2D eigenvalue weighted by molar-refractivity contribution is 5.83. The maximum absolute atomic E-state index is 12.1. The van der Waals surface area contributed by atoms with Crippen LogP contribution in [0, 0.1) is 5.92 Å². The summed E-state index contributed by atoms with van der Waals surface area (Å²) in [5, 5.41) is 12.1. The summed E-state index contributed by atoms with van der Waals surface area (Å²) in [6.07, 6.45) is 3.91. The van der Waals surface area contributed by atoms with Gasteiger partial charge in [0.15, 0.2) is 0 Å². The van der Waals surface area contributed by atoms with Gasteiger partial charge in [-0.25, -0.2) is 0 Å². The Morgan fingerprint density at radius 1 is 1.67 bits per heavy atom. The molecule has 3 unspecified atom stereocenters. The third-order valence-corrected chi connectivity index (χ3v) is 3.90. The van der Waals surface area contributed by atoms with Gasteiger partial charge in [-0.1, -0.05) is 6.92 Å². The second-order valence-corrected chi connectivity index (χ2v) is 5.34. The Hall–Kier alpha value is -1.29. The molecule has 1 aliphatic carbocycles. The van der Waals surface area contributed by atoms with Crippen molar-refractivity contribution in [2.75, 3.05) is 6.61 Å². The molecular weight excluding hydrogens is 230 g/mol. The zero-order chi connectivity index (χ0) is 13.2. The number of nitrogens with one attached hydrogen (secondary N) is 1. The van der Waals surface area contributed by atoms with E-state index in [1.165, 1.54) is 0 Å². The first-order valence-electron chi connectivity index (χ1n) is 6.56. The summed E-state index contributed by atoms with van der Waals surface area (Å²) >= 11 is 0. The Morgan fingerprint density at radius 3 is 3.00 bits per heavy atom. The van der Waals surface area contributed by atoms with E-state index < -0.39 is 0 Å². The third-order valence-electron chi connectivity index (χ3n) is 3.90. The lowest BCUT2D eigenvalue weighted by Crippen LogP contribution is -2.47. The SMILES string of the molecule is CCC(C)(CCO)NC(=O)C1CC1c1ccco1. The van der Waals surface area contributed by atoms with Gasteiger partial charge in [0.05, 0.1) is 6.26 Å². The summed E-state index contributed by atoms with van der Waals surface area (Å²) in [4.78, 5) is 12.1. The lowest BCUT2D eigenvalue weighted by Gasteiger charge is -2.29. The van der Waals surface area contributed by atoms with Gasteiger partial charge in [-0.2, -0.15) is 0 Å². The lowest BCUT2D eigenvalue weighted by molar-refractivity contribution is -0.124. The molecule has 1 fully saturated rings. The number of carbonyl (C=O) groups excluding carboxylic acids is 1.